The molecule has 1 N–H and O–H groups in total. The Labute approximate surface area is 86.0 Å². The third-order valence-corrected chi connectivity index (χ3v) is 1.66. The molecule has 0 saturated heterocycles. The van der Waals surface area contributed by atoms with E-state index in [2.05, 4.69) is 5.32 Å². The SMILES string of the molecule is CCOCCCNCCC(=O)OCC. The first-order valence-corrected chi connectivity index (χ1v) is 5.25. The summed E-state index contributed by atoms with van der Waals surface area (Å²) in [5.74, 6) is -0.134. The van der Waals surface area contributed by atoms with E-state index in [1.165, 1.54) is 0 Å². The van der Waals surface area contributed by atoms with Crippen molar-refractivity contribution in [3.63, 3.8) is 0 Å². The van der Waals surface area contributed by atoms with Crippen molar-refractivity contribution in [2.75, 3.05) is 32.9 Å². The molecule has 0 amide bonds. The number of carbonyl (C=O) groups is 1. The number of carbonyl (C=O) groups excluding carboxylic acids is 1. The molecule has 0 saturated carbocycles. The zero-order valence-electron chi connectivity index (χ0n) is 9.17. The maximum absolute atomic E-state index is 10.9. The Balaban J connectivity index is 3.01. The molecule has 84 valence electrons. The van der Waals surface area contributed by atoms with Gasteiger partial charge >= 0.3 is 5.97 Å². The number of hydrogen-bond acceptors (Lipinski definition) is 4. The summed E-state index contributed by atoms with van der Waals surface area (Å²) in [5.41, 5.74) is 0. The van der Waals surface area contributed by atoms with E-state index >= 15 is 0 Å². The molecule has 4 nitrogen and oxygen atoms in total. The molecule has 14 heavy (non-hydrogen) atoms. The van der Waals surface area contributed by atoms with Gasteiger partial charge in [-0.2, -0.15) is 0 Å². The van der Waals surface area contributed by atoms with Gasteiger partial charge in [0.2, 0.25) is 0 Å². The molecule has 0 radical (unpaired) electrons. The van der Waals surface area contributed by atoms with Crippen LogP contribution in [-0.4, -0.2) is 38.9 Å². The predicted molar refractivity (Wildman–Crippen MR) is 55.2 cm³/mol. The molecular formula is C10H21NO3. The molecule has 0 aromatic rings. The highest BCUT2D eigenvalue weighted by Crippen LogP contribution is 1.85. The van der Waals surface area contributed by atoms with E-state index in [0.717, 1.165) is 26.2 Å². The molecule has 0 spiro atoms. The average Bonchev–Trinajstić information content (AvgIpc) is 2.17. The molecule has 0 fully saturated rings. The normalized spacial score (nSPS) is 10.1. The standard InChI is InChI=1S/C10H21NO3/c1-3-13-9-5-7-11-8-6-10(12)14-4-2/h11H,3-9H2,1-2H3. The van der Waals surface area contributed by atoms with Crippen molar-refractivity contribution >= 4 is 5.97 Å². The van der Waals surface area contributed by atoms with Crippen molar-refractivity contribution in [2.24, 2.45) is 0 Å². The van der Waals surface area contributed by atoms with E-state index in [0.29, 0.717) is 19.6 Å². The van der Waals surface area contributed by atoms with Gasteiger partial charge in [-0.1, -0.05) is 0 Å². The van der Waals surface area contributed by atoms with Gasteiger partial charge in [-0.15, -0.1) is 0 Å². The molecule has 0 bridgehead atoms. The van der Waals surface area contributed by atoms with E-state index in [9.17, 15) is 4.79 Å². The van der Waals surface area contributed by atoms with Crippen molar-refractivity contribution in [3.8, 4) is 0 Å². The van der Waals surface area contributed by atoms with Gasteiger partial charge in [0.05, 0.1) is 13.0 Å². The van der Waals surface area contributed by atoms with Gasteiger partial charge in [0, 0.05) is 19.8 Å². The second-order valence-electron chi connectivity index (χ2n) is 2.86. The van der Waals surface area contributed by atoms with Crippen LogP contribution in [0.3, 0.4) is 0 Å². The summed E-state index contributed by atoms with van der Waals surface area (Å²) >= 11 is 0. The lowest BCUT2D eigenvalue weighted by Gasteiger charge is -2.04. The summed E-state index contributed by atoms with van der Waals surface area (Å²) in [6, 6.07) is 0. The molecular weight excluding hydrogens is 182 g/mol. The highest BCUT2D eigenvalue weighted by atomic mass is 16.5. The lowest BCUT2D eigenvalue weighted by molar-refractivity contribution is -0.142. The van der Waals surface area contributed by atoms with Gasteiger partial charge in [0.15, 0.2) is 0 Å². The average molecular weight is 203 g/mol. The minimum atomic E-state index is -0.134. The van der Waals surface area contributed by atoms with E-state index < -0.39 is 0 Å². The summed E-state index contributed by atoms with van der Waals surface area (Å²) < 4.78 is 9.95. The van der Waals surface area contributed by atoms with E-state index in [1.54, 1.807) is 0 Å². The third kappa shape index (κ3) is 9.48. The molecule has 0 aliphatic heterocycles. The maximum Gasteiger partial charge on any atom is 0.307 e. The van der Waals surface area contributed by atoms with Gasteiger partial charge < -0.3 is 14.8 Å². The zero-order valence-corrected chi connectivity index (χ0v) is 9.17. The van der Waals surface area contributed by atoms with Gasteiger partial charge in [0.25, 0.3) is 0 Å². The van der Waals surface area contributed by atoms with Crippen LogP contribution in [0.15, 0.2) is 0 Å². The van der Waals surface area contributed by atoms with Gasteiger partial charge in [-0.05, 0) is 26.8 Å². The fourth-order valence-electron chi connectivity index (χ4n) is 0.992. The zero-order chi connectivity index (χ0) is 10.6. The molecule has 0 aromatic carbocycles. The summed E-state index contributed by atoms with van der Waals surface area (Å²) in [4.78, 5) is 10.9. The van der Waals surface area contributed by atoms with Crippen LogP contribution in [0, 0.1) is 0 Å². The number of esters is 1. The number of ether oxygens (including phenoxy) is 2. The van der Waals surface area contributed by atoms with Gasteiger partial charge in [-0.25, -0.2) is 0 Å². The first-order chi connectivity index (χ1) is 6.81. The monoisotopic (exact) mass is 203 g/mol. The van der Waals surface area contributed by atoms with Crippen molar-refractivity contribution in [3.05, 3.63) is 0 Å². The fraction of sp³-hybridized carbons (Fsp3) is 0.900. The number of hydrogen-bond donors (Lipinski definition) is 1. The van der Waals surface area contributed by atoms with Crippen molar-refractivity contribution in [1.29, 1.82) is 0 Å². The van der Waals surface area contributed by atoms with Crippen LogP contribution in [0.4, 0.5) is 0 Å². The van der Waals surface area contributed by atoms with Crippen molar-refractivity contribution < 1.29 is 14.3 Å². The Kier molecular flexibility index (Phi) is 10.0. The van der Waals surface area contributed by atoms with Crippen LogP contribution in [0.1, 0.15) is 26.7 Å². The molecule has 0 atom stereocenters. The van der Waals surface area contributed by atoms with Crippen LogP contribution < -0.4 is 5.32 Å². The molecule has 0 rings (SSSR count). The summed E-state index contributed by atoms with van der Waals surface area (Å²) in [7, 11) is 0. The Morgan fingerprint density at radius 3 is 2.64 bits per heavy atom. The molecule has 0 aliphatic carbocycles. The topological polar surface area (TPSA) is 47.6 Å². The van der Waals surface area contributed by atoms with Gasteiger partial charge in [0.1, 0.15) is 0 Å². The van der Waals surface area contributed by atoms with Gasteiger partial charge in [-0.3, -0.25) is 4.79 Å². The highest BCUT2D eigenvalue weighted by molar-refractivity contribution is 5.69. The minimum absolute atomic E-state index is 0.134. The molecule has 4 heteroatoms. The number of nitrogens with one attached hydrogen (secondary N) is 1. The van der Waals surface area contributed by atoms with Crippen LogP contribution in [0.25, 0.3) is 0 Å². The molecule has 0 aliphatic rings. The second-order valence-corrected chi connectivity index (χ2v) is 2.86. The summed E-state index contributed by atoms with van der Waals surface area (Å²) in [6.07, 6.45) is 1.43. The Hall–Kier alpha value is -0.610. The van der Waals surface area contributed by atoms with E-state index in [-0.39, 0.29) is 5.97 Å². The highest BCUT2D eigenvalue weighted by Gasteiger charge is 1.99. The number of rotatable bonds is 9. The first kappa shape index (κ1) is 13.4. The Morgan fingerprint density at radius 2 is 2.00 bits per heavy atom. The molecule has 0 heterocycles. The maximum atomic E-state index is 10.9. The second kappa shape index (κ2) is 10.5. The van der Waals surface area contributed by atoms with Crippen LogP contribution in [-0.2, 0) is 14.3 Å². The third-order valence-electron chi connectivity index (χ3n) is 1.66. The summed E-state index contributed by atoms with van der Waals surface area (Å²) in [5, 5.41) is 3.15. The largest absolute Gasteiger partial charge is 0.466 e. The first-order valence-electron chi connectivity index (χ1n) is 5.25. The van der Waals surface area contributed by atoms with Crippen LogP contribution >= 0.6 is 0 Å². The summed E-state index contributed by atoms with van der Waals surface area (Å²) in [6.45, 7) is 7.38. The molecule has 0 unspecified atom stereocenters. The fourth-order valence-corrected chi connectivity index (χ4v) is 0.992. The van der Waals surface area contributed by atoms with E-state index in [4.69, 9.17) is 9.47 Å². The van der Waals surface area contributed by atoms with Crippen molar-refractivity contribution in [2.45, 2.75) is 26.7 Å². The lowest BCUT2D eigenvalue weighted by Crippen LogP contribution is -2.21. The van der Waals surface area contributed by atoms with Crippen LogP contribution in [0.5, 0.6) is 0 Å². The lowest BCUT2D eigenvalue weighted by atomic mass is 10.4. The molecule has 0 aromatic heterocycles. The van der Waals surface area contributed by atoms with E-state index in [1.807, 2.05) is 13.8 Å². The Bertz CT molecular complexity index is 139. The van der Waals surface area contributed by atoms with Crippen molar-refractivity contribution in [1.82, 2.24) is 5.32 Å². The predicted octanol–water partition coefficient (Wildman–Crippen LogP) is 0.956. The quantitative estimate of drug-likeness (QED) is 0.448. The Morgan fingerprint density at radius 1 is 1.21 bits per heavy atom. The smallest absolute Gasteiger partial charge is 0.307 e. The van der Waals surface area contributed by atoms with Crippen LogP contribution in [0.2, 0.25) is 0 Å². The minimum Gasteiger partial charge on any atom is -0.466 e.